The summed E-state index contributed by atoms with van der Waals surface area (Å²) in [6.45, 7) is 0.640. The van der Waals surface area contributed by atoms with E-state index in [2.05, 4.69) is 20.5 Å². The van der Waals surface area contributed by atoms with E-state index in [0.717, 1.165) is 11.0 Å². The molecule has 2 rings (SSSR count). The highest BCUT2D eigenvalue weighted by atomic mass is 35.5. The largest absolute Gasteiger partial charge is 0.352 e. The highest BCUT2D eigenvalue weighted by Crippen LogP contribution is 2.08. The van der Waals surface area contributed by atoms with Crippen LogP contribution in [0.2, 0.25) is 0 Å². The topological polar surface area (TPSA) is 50.7 Å². The lowest BCUT2D eigenvalue weighted by Gasteiger charge is -2.01. The van der Waals surface area contributed by atoms with E-state index in [1.165, 1.54) is 0 Å². The van der Waals surface area contributed by atoms with Gasteiger partial charge in [-0.1, -0.05) is 12.1 Å². The molecule has 0 saturated heterocycles. The molecule has 0 spiro atoms. The molecule has 1 N–H and O–H groups in total. The van der Waals surface area contributed by atoms with Gasteiger partial charge < -0.3 is 5.32 Å². The van der Waals surface area contributed by atoms with Gasteiger partial charge in [0.1, 0.15) is 5.52 Å². The zero-order chi connectivity index (χ0) is 9.80. The highest BCUT2D eigenvalue weighted by Gasteiger charge is 1.98. The summed E-state index contributed by atoms with van der Waals surface area (Å²) in [5.41, 5.74) is 1.63. The average Bonchev–Trinajstić information content (AvgIpc) is 2.26. The molecular weight excluding hydrogens is 200 g/mol. The molecule has 0 unspecified atom stereocenters. The zero-order valence-electron chi connectivity index (χ0n) is 7.44. The van der Waals surface area contributed by atoms with Crippen LogP contribution >= 0.6 is 11.6 Å². The molecular formula is C9H9ClN4. The van der Waals surface area contributed by atoms with Crippen LogP contribution in [0.4, 0.5) is 5.95 Å². The maximum absolute atomic E-state index is 5.53. The van der Waals surface area contributed by atoms with E-state index in [4.69, 9.17) is 11.6 Å². The molecule has 2 aromatic rings. The molecule has 1 aromatic heterocycles. The van der Waals surface area contributed by atoms with Gasteiger partial charge >= 0.3 is 0 Å². The van der Waals surface area contributed by atoms with Crippen LogP contribution in [0.25, 0.3) is 11.0 Å². The number of rotatable bonds is 3. The van der Waals surface area contributed by atoms with Gasteiger partial charge in [-0.15, -0.1) is 21.8 Å². The molecule has 72 valence electrons. The number of hydrogen-bond donors (Lipinski definition) is 1. The van der Waals surface area contributed by atoms with Gasteiger partial charge in [-0.2, -0.15) is 0 Å². The Kier molecular flexibility index (Phi) is 2.74. The van der Waals surface area contributed by atoms with Crippen LogP contribution in [0.15, 0.2) is 24.3 Å². The number of halogens is 1. The number of nitrogens with one attached hydrogen (secondary N) is 1. The second-order valence-electron chi connectivity index (χ2n) is 2.74. The number of alkyl halides is 1. The van der Waals surface area contributed by atoms with E-state index in [0.29, 0.717) is 18.4 Å². The van der Waals surface area contributed by atoms with Gasteiger partial charge in [0, 0.05) is 12.4 Å². The molecule has 0 saturated carbocycles. The van der Waals surface area contributed by atoms with Crippen molar-refractivity contribution in [3.05, 3.63) is 24.3 Å². The zero-order valence-corrected chi connectivity index (χ0v) is 8.20. The molecule has 0 aliphatic rings. The fraction of sp³-hybridized carbons (Fsp3) is 0.222. The van der Waals surface area contributed by atoms with Gasteiger partial charge in [0.15, 0.2) is 0 Å². The Balaban J connectivity index is 2.32. The Morgan fingerprint density at radius 3 is 2.71 bits per heavy atom. The molecule has 1 heterocycles. The first-order chi connectivity index (χ1) is 6.90. The van der Waals surface area contributed by atoms with Crippen molar-refractivity contribution < 1.29 is 0 Å². The summed E-state index contributed by atoms with van der Waals surface area (Å²) < 4.78 is 0. The number of aromatic nitrogens is 3. The molecule has 0 radical (unpaired) electrons. The first-order valence-corrected chi connectivity index (χ1v) is 4.83. The van der Waals surface area contributed by atoms with Crippen molar-refractivity contribution in [2.75, 3.05) is 17.7 Å². The number of para-hydroxylation sites is 1. The number of nitrogens with zero attached hydrogens (tertiary/aromatic N) is 3. The molecule has 0 bridgehead atoms. The van der Waals surface area contributed by atoms with E-state index in [9.17, 15) is 0 Å². The molecule has 0 atom stereocenters. The maximum atomic E-state index is 5.53. The molecule has 0 aliphatic carbocycles. The minimum Gasteiger partial charge on any atom is -0.352 e. The van der Waals surface area contributed by atoms with Crippen LogP contribution in [0.1, 0.15) is 0 Å². The standard InChI is InChI=1S/C9H9ClN4/c10-5-6-11-9-12-7-3-1-2-4-8(7)13-14-9/h1-4H,5-6H2,(H,11,12,14). The van der Waals surface area contributed by atoms with Crippen molar-refractivity contribution in [1.29, 1.82) is 0 Å². The van der Waals surface area contributed by atoms with E-state index in [1.54, 1.807) is 0 Å². The monoisotopic (exact) mass is 208 g/mol. The summed E-state index contributed by atoms with van der Waals surface area (Å²) in [4.78, 5) is 4.27. The fourth-order valence-corrected chi connectivity index (χ4v) is 1.21. The number of hydrogen-bond acceptors (Lipinski definition) is 4. The predicted molar refractivity (Wildman–Crippen MR) is 56.5 cm³/mol. The fourth-order valence-electron chi connectivity index (χ4n) is 1.11. The molecule has 1 aromatic carbocycles. The van der Waals surface area contributed by atoms with Crippen molar-refractivity contribution in [2.45, 2.75) is 0 Å². The van der Waals surface area contributed by atoms with E-state index < -0.39 is 0 Å². The summed E-state index contributed by atoms with van der Waals surface area (Å²) in [7, 11) is 0. The maximum Gasteiger partial charge on any atom is 0.243 e. The normalized spacial score (nSPS) is 10.4. The number of anilines is 1. The molecule has 14 heavy (non-hydrogen) atoms. The van der Waals surface area contributed by atoms with Gasteiger partial charge in [-0.25, -0.2) is 4.98 Å². The van der Waals surface area contributed by atoms with E-state index in [-0.39, 0.29) is 0 Å². The van der Waals surface area contributed by atoms with E-state index >= 15 is 0 Å². The predicted octanol–water partition coefficient (Wildman–Crippen LogP) is 1.68. The Labute approximate surface area is 86.3 Å². The Hall–Kier alpha value is -1.42. The molecule has 5 heteroatoms. The Morgan fingerprint density at radius 2 is 1.93 bits per heavy atom. The summed E-state index contributed by atoms with van der Waals surface area (Å²) >= 11 is 5.53. The van der Waals surface area contributed by atoms with Crippen molar-refractivity contribution in [1.82, 2.24) is 15.2 Å². The second kappa shape index (κ2) is 4.19. The molecule has 0 amide bonds. The lowest BCUT2D eigenvalue weighted by Crippen LogP contribution is -2.07. The van der Waals surface area contributed by atoms with Gasteiger partial charge in [0.2, 0.25) is 5.95 Å². The van der Waals surface area contributed by atoms with Crippen LogP contribution in [0, 0.1) is 0 Å². The molecule has 0 fully saturated rings. The number of benzene rings is 1. The third kappa shape index (κ3) is 1.90. The second-order valence-corrected chi connectivity index (χ2v) is 3.12. The first kappa shape index (κ1) is 9.15. The smallest absolute Gasteiger partial charge is 0.243 e. The number of fused-ring (bicyclic) bond motifs is 1. The van der Waals surface area contributed by atoms with E-state index in [1.807, 2.05) is 24.3 Å². The van der Waals surface area contributed by atoms with Gasteiger partial charge in [-0.3, -0.25) is 0 Å². The van der Waals surface area contributed by atoms with Crippen LogP contribution < -0.4 is 5.32 Å². The Bertz CT molecular complexity index is 432. The van der Waals surface area contributed by atoms with Crippen molar-refractivity contribution >= 4 is 28.6 Å². The first-order valence-electron chi connectivity index (χ1n) is 4.29. The average molecular weight is 209 g/mol. The lowest BCUT2D eigenvalue weighted by molar-refractivity contribution is 0.999. The summed E-state index contributed by atoms with van der Waals surface area (Å²) in [5, 5.41) is 10.9. The minimum absolute atomic E-state index is 0.518. The summed E-state index contributed by atoms with van der Waals surface area (Å²) in [6.07, 6.45) is 0. The summed E-state index contributed by atoms with van der Waals surface area (Å²) in [5.74, 6) is 1.04. The SMILES string of the molecule is ClCCNc1nnc2ccccc2n1. The lowest BCUT2D eigenvalue weighted by atomic mass is 10.3. The van der Waals surface area contributed by atoms with Crippen LogP contribution in [-0.4, -0.2) is 27.6 Å². The molecule has 0 aliphatic heterocycles. The van der Waals surface area contributed by atoms with Crippen molar-refractivity contribution in [3.8, 4) is 0 Å². The van der Waals surface area contributed by atoms with Crippen LogP contribution in [-0.2, 0) is 0 Å². The van der Waals surface area contributed by atoms with Crippen molar-refractivity contribution in [2.24, 2.45) is 0 Å². The third-order valence-electron chi connectivity index (χ3n) is 1.74. The minimum atomic E-state index is 0.518. The highest BCUT2D eigenvalue weighted by molar-refractivity contribution is 6.18. The van der Waals surface area contributed by atoms with Gasteiger partial charge in [-0.05, 0) is 12.1 Å². The molecule has 4 nitrogen and oxygen atoms in total. The Morgan fingerprint density at radius 1 is 1.14 bits per heavy atom. The quantitative estimate of drug-likeness (QED) is 0.780. The third-order valence-corrected chi connectivity index (χ3v) is 1.93. The van der Waals surface area contributed by atoms with Crippen LogP contribution in [0.5, 0.6) is 0 Å². The van der Waals surface area contributed by atoms with Gasteiger partial charge in [0.05, 0.1) is 5.52 Å². The summed E-state index contributed by atoms with van der Waals surface area (Å²) in [6, 6.07) is 7.60. The van der Waals surface area contributed by atoms with Crippen molar-refractivity contribution in [3.63, 3.8) is 0 Å². The van der Waals surface area contributed by atoms with Crippen LogP contribution in [0.3, 0.4) is 0 Å². The van der Waals surface area contributed by atoms with Gasteiger partial charge in [0.25, 0.3) is 0 Å².